The van der Waals surface area contributed by atoms with E-state index in [0.29, 0.717) is 17.1 Å². The van der Waals surface area contributed by atoms with Crippen LogP contribution in [0.2, 0.25) is 0 Å². The number of aromatic hydroxyl groups is 1. The fourth-order valence-corrected chi connectivity index (χ4v) is 2.24. The van der Waals surface area contributed by atoms with Gasteiger partial charge in [0.15, 0.2) is 5.78 Å². The predicted octanol–water partition coefficient (Wildman–Crippen LogP) is 2.79. The summed E-state index contributed by atoms with van der Waals surface area (Å²) in [4.78, 5) is 10.9. The number of oxime groups is 1. The van der Waals surface area contributed by atoms with Crippen molar-refractivity contribution in [1.29, 1.82) is 0 Å². The van der Waals surface area contributed by atoms with E-state index in [9.17, 15) is 15.1 Å². The van der Waals surface area contributed by atoms with E-state index < -0.39 is 0 Å². The molecule has 0 heterocycles. The van der Waals surface area contributed by atoms with Crippen LogP contribution in [0.15, 0.2) is 47.6 Å². The van der Waals surface area contributed by atoms with Gasteiger partial charge in [-0.15, -0.1) is 0 Å². The van der Waals surface area contributed by atoms with E-state index in [-0.39, 0.29) is 30.3 Å². The number of ether oxygens (including phenoxy) is 2. The van der Waals surface area contributed by atoms with Gasteiger partial charge in [-0.2, -0.15) is 0 Å². The number of carbonyl (C=O) groups excluding carboxylic acids is 1. The quantitative estimate of drug-likeness (QED) is 0.463. The molecule has 0 bridgehead atoms. The van der Waals surface area contributed by atoms with E-state index in [1.807, 2.05) is 24.3 Å². The number of Topliss-reactive ketones (excluding diaryl/α,β-unsaturated/α-hetero) is 1. The molecular weight excluding hydrogens is 310 g/mol. The monoisotopic (exact) mass is 329 g/mol. The summed E-state index contributed by atoms with van der Waals surface area (Å²) >= 11 is 0. The Bertz CT molecular complexity index is 755. The average Bonchev–Trinajstić information content (AvgIpc) is 2.58. The standard InChI is InChI=1S/C18H19NO5/c1-12(20)11-24-14-7-8-15(17(21)10-14)16(19-22)9-13-5-3-4-6-18(13)23-2/h3-8,10,21-22H,9,11H2,1-2H3/b19-16+. The maximum absolute atomic E-state index is 10.9. The number of benzene rings is 2. The van der Waals surface area contributed by atoms with Gasteiger partial charge < -0.3 is 19.8 Å². The van der Waals surface area contributed by atoms with Gasteiger partial charge >= 0.3 is 0 Å². The minimum Gasteiger partial charge on any atom is -0.507 e. The predicted molar refractivity (Wildman–Crippen MR) is 89.3 cm³/mol. The molecule has 0 aliphatic heterocycles. The molecule has 0 atom stereocenters. The van der Waals surface area contributed by atoms with Gasteiger partial charge in [0.2, 0.25) is 0 Å². The largest absolute Gasteiger partial charge is 0.507 e. The van der Waals surface area contributed by atoms with Crippen molar-refractivity contribution in [2.24, 2.45) is 5.16 Å². The third kappa shape index (κ3) is 4.25. The first kappa shape index (κ1) is 17.3. The molecule has 126 valence electrons. The molecule has 2 aromatic rings. The summed E-state index contributed by atoms with van der Waals surface area (Å²) in [6, 6.07) is 11.9. The summed E-state index contributed by atoms with van der Waals surface area (Å²) in [5, 5.41) is 22.8. The molecule has 2 aromatic carbocycles. The van der Waals surface area contributed by atoms with Crippen LogP contribution in [-0.2, 0) is 11.2 Å². The molecule has 0 unspecified atom stereocenters. The molecule has 0 aliphatic carbocycles. The van der Waals surface area contributed by atoms with Gasteiger partial charge in [0.1, 0.15) is 23.9 Å². The highest BCUT2D eigenvalue weighted by Crippen LogP contribution is 2.27. The zero-order chi connectivity index (χ0) is 17.5. The maximum atomic E-state index is 10.9. The van der Waals surface area contributed by atoms with Gasteiger partial charge in [-0.05, 0) is 25.1 Å². The van der Waals surface area contributed by atoms with Gasteiger partial charge in [0.05, 0.1) is 12.8 Å². The first-order valence-corrected chi connectivity index (χ1v) is 7.33. The Morgan fingerprint density at radius 1 is 1.21 bits per heavy atom. The smallest absolute Gasteiger partial charge is 0.167 e. The Morgan fingerprint density at radius 2 is 1.96 bits per heavy atom. The highest BCUT2D eigenvalue weighted by atomic mass is 16.5. The van der Waals surface area contributed by atoms with Crippen LogP contribution in [-0.4, -0.2) is 35.5 Å². The molecular formula is C18H19NO5. The summed E-state index contributed by atoms with van der Waals surface area (Å²) in [5.74, 6) is 0.812. The zero-order valence-electron chi connectivity index (χ0n) is 13.5. The molecule has 0 spiro atoms. The second-order valence-electron chi connectivity index (χ2n) is 5.20. The first-order valence-electron chi connectivity index (χ1n) is 7.33. The molecule has 0 amide bonds. The summed E-state index contributed by atoms with van der Waals surface area (Å²) in [6.07, 6.45) is 0.279. The van der Waals surface area contributed by atoms with Crippen LogP contribution in [0.3, 0.4) is 0 Å². The Balaban J connectivity index is 2.23. The summed E-state index contributed by atoms with van der Waals surface area (Å²) in [6.45, 7) is 1.35. The van der Waals surface area contributed by atoms with Crippen molar-refractivity contribution in [3.8, 4) is 17.2 Å². The fraction of sp³-hybridized carbons (Fsp3) is 0.222. The molecule has 0 aliphatic rings. The lowest BCUT2D eigenvalue weighted by Gasteiger charge is -2.12. The zero-order valence-corrected chi connectivity index (χ0v) is 13.5. The van der Waals surface area contributed by atoms with Gasteiger partial charge in [0.25, 0.3) is 0 Å². The number of hydrogen-bond donors (Lipinski definition) is 2. The van der Waals surface area contributed by atoms with Gasteiger partial charge in [0, 0.05) is 23.6 Å². The molecule has 2 rings (SSSR count). The van der Waals surface area contributed by atoms with Crippen molar-refractivity contribution < 1.29 is 24.6 Å². The molecule has 0 saturated heterocycles. The lowest BCUT2D eigenvalue weighted by atomic mass is 10.0. The minimum atomic E-state index is -0.118. The summed E-state index contributed by atoms with van der Waals surface area (Å²) in [5.41, 5.74) is 1.48. The number of nitrogens with zero attached hydrogens (tertiary/aromatic N) is 1. The number of rotatable bonds is 7. The lowest BCUT2D eigenvalue weighted by Crippen LogP contribution is -2.09. The number of carbonyl (C=O) groups is 1. The highest BCUT2D eigenvalue weighted by molar-refractivity contribution is 6.04. The van der Waals surface area contributed by atoms with E-state index in [1.54, 1.807) is 19.2 Å². The van der Waals surface area contributed by atoms with Crippen molar-refractivity contribution >= 4 is 11.5 Å². The number of hydrogen-bond acceptors (Lipinski definition) is 6. The second kappa shape index (κ2) is 8.01. The molecule has 0 aromatic heterocycles. The van der Waals surface area contributed by atoms with Crippen LogP contribution >= 0.6 is 0 Å². The van der Waals surface area contributed by atoms with Crippen molar-refractivity contribution in [3.63, 3.8) is 0 Å². The van der Waals surface area contributed by atoms with Crippen LogP contribution in [0.5, 0.6) is 17.2 Å². The van der Waals surface area contributed by atoms with E-state index >= 15 is 0 Å². The number of methoxy groups -OCH3 is 1. The first-order chi connectivity index (χ1) is 11.5. The Hall–Kier alpha value is -3.02. The van der Waals surface area contributed by atoms with Gasteiger partial charge in [-0.3, -0.25) is 4.79 Å². The van der Waals surface area contributed by atoms with Gasteiger partial charge in [-0.1, -0.05) is 23.4 Å². The topological polar surface area (TPSA) is 88.4 Å². The number of phenolic OH excluding ortho intramolecular Hbond substituents is 1. The van der Waals surface area contributed by atoms with Crippen LogP contribution in [0.1, 0.15) is 18.1 Å². The molecule has 24 heavy (non-hydrogen) atoms. The van der Waals surface area contributed by atoms with E-state index in [4.69, 9.17) is 9.47 Å². The maximum Gasteiger partial charge on any atom is 0.167 e. The molecule has 2 N–H and O–H groups in total. The Labute approximate surface area is 140 Å². The summed E-state index contributed by atoms with van der Waals surface area (Å²) < 4.78 is 10.5. The fourth-order valence-electron chi connectivity index (χ4n) is 2.24. The van der Waals surface area contributed by atoms with Gasteiger partial charge in [-0.25, -0.2) is 0 Å². The highest BCUT2D eigenvalue weighted by Gasteiger charge is 2.14. The Kier molecular flexibility index (Phi) is 5.78. The number of phenols is 1. The van der Waals surface area contributed by atoms with Crippen LogP contribution in [0.25, 0.3) is 0 Å². The van der Waals surface area contributed by atoms with Crippen molar-refractivity contribution in [2.45, 2.75) is 13.3 Å². The van der Waals surface area contributed by atoms with Crippen molar-refractivity contribution in [3.05, 3.63) is 53.6 Å². The molecule has 0 radical (unpaired) electrons. The molecule has 0 saturated carbocycles. The van der Waals surface area contributed by atoms with Crippen molar-refractivity contribution in [1.82, 2.24) is 0 Å². The van der Waals surface area contributed by atoms with Crippen LogP contribution < -0.4 is 9.47 Å². The SMILES string of the molecule is COc1ccccc1C/C(=N\O)c1ccc(OCC(C)=O)cc1O. The van der Waals surface area contributed by atoms with E-state index in [0.717, 1.165) is 5.56 Å². The minimum absolute atomic E-state index is 0.0685. The van der Waals surface area contributed by atoms with E-state index in [1.165, 1.54) is 13.0 Å². The lowest BCUT2D eigenvalue weighted by molar-refractivity contribution is -0.118. The van der Waals surface area contributed by atoms with E-state index in [2.05, 4.69) is 5.16 Å². The third-order valence-electron chi connectivity index (χ3n) is 3.39. The average molecular weight is 329 g/mol. The normalized spacial score (nSPS) is 11.2. The third-order valence-corrected chi connectivity index (χ3v) is 3.39. The van der Waals surface area contributed by atoms with Crippen molar-refractivity contribution in [2.75, 3.05) is 13.7 Å². The molecule has 6 nitrogen and oxygen atoms in total. The van der Waals surface area contributed by atoms with Crippen LogP contribution in [0.4, 0.5) is 0 Å². The Morgan fingerprint density at radius 3 is 2.58 bits per heavy atom. The molecule has 6 heteroatoms. The second-order valence-corrected chi connectivity index (χ2v) is 5.20. The molecule has 0 fully saturated rings. The number of ketones is 1. The number of para-hydroxylation sites is 1. The summed E-state index contributed by atoms with van der Waals surface area (Å²) in [7, 11) is 1.56. The van der Waals surface area contributed by atoms with Crippen LogP contribution in [0, 0.1) is 0 Å².